The van der Waals surface area contributed by atoms with Crippen molar-refractivity contribution in [1.82, 2.24) is 5.32 Å². The fourth-order valence-corrected chi connectivity index (χ4v) is 2.37. The number of ether oxygens (including phenoxy) is 2. The van der Waals surface area contributed by atoms with E-state index < -0.39 is 5.91 Å². The highest BCUT2D eigenvalue weighted by molar-refractivity contribution is 9.10. The van der Waals surface area contributed by atoms with Gasteiger partial charge in [-0.3, -0.25) is 9.59 Å². The van der Waals surface area contributed by atoms with Gasteiger partial charge in [0.1, 0.15) is 0 Å². The van der Waals surface area contributed by atoms with Crippen LogP contribution in [-0.2, 0) is 9.59 Å². The highest BCUT2D eigenvalue weighted by atomic mass is 79.9. The number of anilines is 1. The average molecular weight is 418 g/mol. The van der Waals surface area contributed by atoms with Crippen molar-refractivity contribution in [2.45, 2.75) is 0 Å². The minimum atomic E-state index is -0.460. The maximum Gasteiger partial charge on any atom is 0.258 e. The Morgan fingerprint density at radius 3 is 2.62 bits per heavy atom. The zero-order chi connectivity index (χ0) is 18.9. The Morgan fingerprint density at radius 2 is 1.92 bits per heavy atom. The quantitative estimate of drug-likeness (QED) is 0.720. The molecule has 2 N–H and O–H groups in total. The van der Waals surface area contributed by atoms with E-state index >= 15 is 0 Å². The van der Waals surface area contributed by atoms with Crippen LogP contribution in [0.3, 0.4) is 0 Å². The summed E-state index contributed by atoms with van der Waals surface area (Å²) < 4.78 is 11.2. The molecule has 0 saturated carbocycles. The van der Waals surface area contributed by atoms with Gasteiger partial charge in [0.25, 0.3) is 5.91 Å². The molecule has 134 valence electrons. The lowest BCUT2D eigenvalue weighted by Gasteiger charge is -2.11. The van der Waals surface area contributed by atoms with Gasteiger partial charge in [-0.05, 0) is 40.2 Å². The minimum absolute atomic E-state index is 0.186. The molecule has 0 heterocycles. The lowest BCUT2D eigenvalue weighted by molar-refractivity contribution is -0.125. The van der Waals surface area contributed by atoms with Gasteiger partial charge in [-0.25, -0.2) is 0 Å². The van der Waals surface area contributed by atoms with Crippen molar-refractivity contribution in [2.75, 3.05) is 25.6 Å². The van der Waals surface area contributed by atoms with Crippen LogP contribution in [0.4, 0.5) is 5.69 Å². The van der Waals surface area contributed by atoms with Crippen molar-refractivity contribution in [3.63, 3.8) is 0 Å². The first-order valence-electron chi connectivity index (χ1n) is 7.55. The first-order valence-corrected chi connectivity index (χ1v) is 8.35. The molecule has 0 atom stereocenters. The van der Waals surface area contributed by atoms with Gasteiger partial charge in [-0.15, -0.1) is 0 Å². The molecule has 2 amide bonds. The monoisotopic (exact) mass is 417 g/mol. The molecule has 0 aliphatic rings. The molecule has 0 spiro atoms. The highest BCUT2D eigenvalue weighted by Gasteiger charge is 2.10. The van der Waals surface area contributed by atoms with Gasteiger partial charge in [0, 0.05) is 10.5 Å². The van der Waals surface area contributed by atoms with Gasteiger partial charge in [-0.1, -0.05) is 12.1 Å². The molecule has 0 aliphatic heterocycles. The number of rotatable bonds is 7. The third-order valence-electron chi connectivity index (χ3n) is 3.25. The summed E-state index contributed by atoms with van der Waals surface area (Å²) in [7, 11) is 1.44. The molecule has 0 aliphatic carbocycles. The summed E-state index contributed by atoms with van der Waals surface area (Å²) >= 11 is 3.33. The number of carbonyl (C=O) groups excluding carboxylic acids is 2. The Hall–Kier alpha value is -3.05. The highest BCUT2D eigenvalue weighted by Crippen LogP contribution is 2.27. The minimum Gasteiger partial charge on any atom is -0.493 e. The first kappa shape index (κ1) is 19.3. The number of benzene rings is 2. The third-order valence-corrected chi connectivity index (χ3v) is 3.94. The number of amides is 2. The molecule has 26 heavy (non-hydrogen) atoms. The van der Waals surface area contributed by atoms with E-state index in [0.29, 0.717) is 22.7 Å². The molecule has 2 aromatic carbocycles. The van der Waals surface area contributed by atoms with Crippen molar-refractivity contribution in [1.29, 1.82) is 5.26 Å². The second-order valence-corrected chi connectivity index (χ2v) is 5.93. The van der Waals surface area contributed by atoms with Crippen LogP contribution in [0.2, 0.25) is 0 Å². The second-order valence-electron chi connectivity index (χ2n) is 5.07. The normalized spacial score (nSPS) is 9.73. The van der Waals surface area contributed by atoms with Gasteiger partial charge in [0.2, 0.25) is 5.91 Å². The van der Waals surface area contributed by atoms with Crippen LogP contribution in [0.5, 0.6) is 11.5 Å². The molecule has 0 saturated heterocycles. The lowest BCUT2D eigenvalue weighted by Crippen LogP contribution is -2.35. The van der Waals surface area contributed by atoms with Gasteiger partial charge < -0.3 is 20.1 Å². The van der Waals surface area contributed by atoms with Crippen molar-refractivity contribution >= 4 is 33.4 Å². The lowest BCUT2D eigenvalue weighted by atomic mass is 10.2. The number of para-hydroxylation sites is 1. The van der Waals surface area contributed by atoms with E-state index in [-0.39, 0.29) is 19.1 Å². The van der Waals surface area contributed by atoms with Crippen molar-refractivity contribution in [3.8, 4) is 17.6 Å². The van der Waals surface area contributed by atoms with Crippen LogP contribution < -0.4 is 20.1 Å². The smallest absolute Gasteiger partial charge is 0.258 e. The molecule has 0 radical (unpaired) electrons. The topological polar surface area (TPSA) is 100 Å². The maximum absolute atomic E-state index is 11.9. The Morgan fingerprint density at radius 1 is 1.15 bits per heavy atom. The summed E-state index contributed by atoms with van der Waals surface area (Å²) in [6.07, 6.45) is 0. The van der Waals surface area contributed by atoms with E-state index in [4.69, 9.17) is 14.7 Å². The molecule has 0 bridgehead atoms. The summed E-state index contributed by atoms with van der Waals surface area (Å²) in [4.78, 5) is 23.7. The molecule has 2 rings (SSSR count). The summed E-state index contributed by atoms with van der Waals surface area (Å²) in [5.74, 6) is -0.136. The van der Waals surface area contributed by atoms with Gasteiger partial charge >= 0.3 is 0 Å². The Bertz CT molecular complexity index is 849. The first-order chi connectivity index (χ1) is 12.5. The van der Waals surface area contributed by atoms with Gasteiger partial charge in [0.05, 0.1) is 31.0 Å². The number of nitrogens with zero attached hydrogens (tertiary/aromatic N) is 1. The number of nitriles is 1. The van der Waals surface area contributed by atoms with Crippen LogP contribution in [0.25, 0.3) is 0 Å². The number of nitrogens with one attached hydrogen (secondary N) is 2. The van der Waals surface area contributed by atoms with E-state index in [9.17, 15) is 9.59 Å². The molecule has 0 fully saturated rings. The van der Waals surface area contributed by atoms with Crippen molar-refractivity contribution < 1.29 is 19.1 Å². The van der Waals surface area contributed by atoms with E-state index in [1.165, 1.54) is 13.2 Å². The Labute approximate surface area is 159 Å². The number of methoxy groups -OCH3 is 1. The SMILES string of the molecule is COc1cc(C#N)ccc1OCC(=O)NCC(=O)Nc1ccccc1Br. The standard InChI is InChI=1S/C18H16BrN3O4/c1-25-16-8-12(9-20)6-7-15(16)26-11-18(24)21-10-17(23)22-14-5-3-2-4-13(14)19/h2-8H,10-11H2,1H3,(H,21,24)(H,22,23). The predicted molar refractivity (Wildman–Crippen MR) is 99.0 cm³/mol. The second kappa shape index (κ2) is 9.44. The summed E-state index contributed by atoms with van der Waals surface area (Å²) in [6.45, 7) is -0.474. The Balaban J connectivity index is 1.81. The van der Waals surface area contributed by atoms with Crippen LogP contribution in [0, 0.1) is 11.3 Å². The van der Waals surface area contributed by atoms with E-state index in [1.54, 1.807) is 30.3 Å². The molecule has 0 aromatic heterocycles. The summed E-state index contributed by atoms with van der Waals surface area (Å²) in [5.41, 5.74) is 1.03. The van der Waals surface area contributed by atoms with Gasteiger partial charge in [-0.2, -0.15) is 5.26 Å². The number of halogens is 1. The molecular formula is C18H16BrN3O4. The largest absolute Gasteiger partial charge is 0.493 e. The fourth-order valence-electron chi connectivity index (χ4n) is 1.99. The molecule has 0 unspecified atom stereocenters. The number of hydrogen-bond donors (Lipinski definition) is 2. The number of hydrogen-bond acceptors (Lipinski definition) is 5. The zero-order valence-electron chi connectivity index (χ0n) is 13.9. The van der Waals surface area contributed by atoms with E-state index in [2.05, 4.69) is 26.6 Å². The zero-order valence-corrected chi connectivity index (χ0v) is 15.5. The summed E-state index contributed by atoms with van der Waals surface area (Å²) in [6, 6.07) is 13.8. The maximum atomic E-state index is 11.9. The molecular weight excluding hydrogens is 402 g/mol. The van der Waals surface area contributed by atoms with Crippen LogP contribution >= 0.6 is 15.9 Å². The van der Waals surface area contributed by atoms with E-state index in [1.807, 2.05) is 12.1 Å². The molecule has 8 heteroatoms. The summed E-state index contributed by atoms with van der Waals surface area (Å²) in [5, 5.41) is 14.0. The average Bonchev–Trinajstić information content (AvgIpc) is 2.66. The molecule has 7 nitrogen and oxygen atoms in total. The molecule has 2 aromatic rings. The van der Waals surface area contributed by atoms with Crippen LogP contribution in [0.15, 0.2) is 46.9 Å². The predicted octanol–water partition coefficient (Wildman–Crippen LogP) is 2.46. The Kier molecular flexibility index (Phi) is 7.00. The number of carbonyl (C=O) groups is 2. The van der Waals surface area contributed by atoms with Gasteiger partial charge in [0.15, 0.2) is 18.1 Å². The van der Waals surface area contributed by atoms with Crippen LogP contribution in [-0.4, -0.2) is 32.1 Å². The van der Waals surface area contributed by atoms with Crippen molar-refractivity contribution in [3.05, 3.63) is 52.5 Å². The van der Waals surface area contributed by atoms with Crippen LogP contribution in [0.1, 0.15) is 5.56 Å². The third kappa shape index (κ3) is 5.50. The van der Waals surface area contributed by atoms with E-state index in [0.717, 1.165) is 4.47 Å². The van der Waals surface area contributed by atoms with Crippen molar-refractivity contribution in [2.24, 2.45) is 0 Å². The fraction of sp³-hybridized carbons (Fsp3) is 0.167.